The molecule has 2 heterocycles. The van der Waals surface area contributed by atoms with Crippen molar-refractivity contribution < 1.29 is 23.8 Å². The Hall–Kier alpha value is -2.06. The van der Waals surface area contributed by atoms with E-state index in [0.29, 0.717) is 33.0 Å². The highest BCUT2D eigenvalue weighted by Gasteiger charge is 2.24. The number of carbonyl (C=O) groups excluding carboxylic acids is 2. The van der Waals surface area contributed by atoms with Crippen molar-refractivity contribution in [1.29, 1.82) is 0 Å². The molecule has 0 radical (unpaired) electrons. The maximum Gasteiger partial charge on any atom is 0.350 e. The maximum absolute atomic E-state index is 12.8. The van der Waals surface area contributed by atoms with Gasteiger partial charge in [-0.15, -0.1) is 11.3 Å². The number of aryl methyl sites for hydroxylation is 1. The molecule has 0 spiro atoms. The summed E-state index contributed by atoms with van der Waals surface area (Å²) in [6.07, 6.45) is 0. The largest absolute Gasteiger partial charge is 0.495 e. The summed E-state index contributed by atoms with van der Waals surface area (Å²) in [6, 6.07) is 5.29. The number of Topliss-reactive ketones (excluding diaryl/α,β-unsaturated/α-hetero) is 1. The number of esters is 1. The van der Waals surface area contributed by atoms with Crippen molar-refractivity contribution >= 4 is 56.4 Å². The number of methoxy groups -OCH3 is 2. The first-order valence-electron chi connectivity index (χ1n) is 9.53. The zero-order valence-corrected chi connectivity index (χ0v) is 20.2. The Morgan fingerprint density at radius 2 is 1.87 bits per heavy atom. The molecule has 3 rings (SSSR count). The topological polar surface area (TPSA) is 66.8 Å². The van der Waals surface area contributed by atoms with Crippen molar-refractivity contribution in [3.8, 4) is 5.75 Å². The second-order valence-electron chi connectivity index (χ2n) is 7.16. The summed E-state index contributed by atoms with van der Waals surface area (Å²) < 4.78 is 18.4. The SMILES string of the molecule is COC[C@H](C)n1c(C)cc(C(=O)COC(=O)c2sc3c(Cl)c(OC)ccc3c2Cl)c1C. The summed E-state index contributed by atoms with van der Waals surface area (Å²) in [6.45, 7) is 5.95. The minimum atomic E-state index is -0.670. The van der Waals surface area contributed by atoms with Crippen LogP contribution < -0.4 is 4.74 Å². The van der Waals surface area contributed by atoms with Crippen LogP contribution in [0.15, 0.2) is 18.2 Å². The maximum atomic E-state index is 12.8. The summed E-state index contributed by atoms with van der Waals surface area (Å²) in [5.41, 5.74) is 2.26. The monoisotopic (exact) mass is 483 g/mol. The lowest BCUT2D eigenvalue weighted by molar-refractivity contribution is 0.0479. The van der Waals surface area contributed by atoms with Crippen molar-refractivity contribution in [2.24, 2.45) is 0 Å². The summed E-state index contributed by atoms with van der Waals surface area (Å²) >= 11 is 13.8. The van der Waals surface area contributed by atoms with Crippen LogP contribution in [0.5, 0.6) is 5.75 Å². The van der Waals surface area contributed by atoms with E-state index in [2.05, 4.69) is 0 Å². The number of fused-ring (bicyclic) bond motifs is 1. The normalized spacial score (nSPS) is 12.2. The molecule has 3 aromatic rings. The first-order valence-corrected chi connectivity index (χ1v) is 11.1. The van der Waals surface area contributed by atoms with Gasteiger partial charge in [-0.1, -0.05) is 23.2 Å². The Balaban J connectivity index is 1.79. The molecule has 31 heavy (non-hydrogen) atoms. The van der Waals surface area contributed by atoms with Gasteiger partial charge in [0.1, 0.15) is 15.6 Å². The van der Waals surface area contributed by atoms with E-state index in [1.165, 1.54) is 7.11 Å². The highest BCUT2D eigenvalue weighted by atomic mass is 35.5. The van der Waals surface area contributed by atoms with E-state index in [-0.39, 0.29) is 28.3 Å². The van der Waals surface area contributed by atoms with Crippen molar-refractivity contribution in [3.05, 3.63) is 50.1 Å². The highest BCUT2D eigenvalue weighted by Crippen LogP contribution is 2.43. The molecule has 1 aromatic carbocycles. The van der Waals surface area contributed by atoms with Crippen molar-refractivity contribution in [3.63, 3.8) is 0 Å². The number of thiophene rings is 1. The molecular weight excluding hydrogens is 461 g/mol. The third kappa shape index (κ3) is 4.46. The van der Waals surface area contributed by atoms with E-state index in [9.17, 15) is 9.59 Å². The van der Waals surface area contributed by atoms with E-state index < -0.39 is 5.97 Å². The van der Waals surface area contributed by atoms with Crippen LogP contribution in [0.1, 0.15) is 44.4 Å². The Kier molecular flexibility index (Phi) is 7.31. The van der Waals surface area contributed by atoms with Gasteiger partial charge in [0.2, 0.25) is 5.78 Å². The van der Waals surface area contributed by atoms with E-state index in [1.807, 2.05) is 25.3 Å². The highest BCUT2D eigenvalue weighted by molar-refractivity contribution is 7.22. The number of benzene rings is 1. The van der Waals surface area contributed by atoms with Crippen LogP contribution in [0.25, 0.3) is 10.1 Å². The number of rotatable bonds is 8. The van der Waals surface area contributed by atoms with Gasteiger partial charge in [-0.3, -0.25) is 4.79 Å². The van der Waals surface area contributed by atoms with Crippen LogP contribution in [0.3, 0.4) is 0 Å². The lowest BCUT2D eigenvalue weighted by Gasteiger charge is -2.17. The third-order valence-corrected chi connectivity index (χ3v) is 7.27. The van der Waals surface area contributed by atoms with Gasteiger partial charge in [-0.2, -0.15) is 0 Å². The average molecular weight is 484 g/mol. The van der Waals surface area contributed by atoms with Gasteiger partial charge in [0.05, 0.1) is 29.5 Å². The summed E-state index contributed by atoms with van der Waals surface area (Å²) in [5, 5.41) is 1.25. The molecular formula is C22H23Cl2NO5S. The quantitative estimate of drug-likeness (QED) is 0.295. The first-order chi connectivity index (χ1) is 14.7. The summed E-state index contributed by atoms with van der Waals surface area (Å²) in [7, 11) is 3.15. The van der Waals surface area contributed by atoms with Crippen molar-refractivity contribution in [2.45, 2.75) is 26.8 Å². The predicted molar refractivity (Wildman–Crippen MR) is 124 cm³/mol. The number of ketones is 1. The molecule has 0 fully saturated rings. The van der Waals surface area contributed by atoms with Gasteiger partial charge in [0, 0.05) is 29.4 Å². The lowest BCUT2D eigenvalue weighted by Crippen LogP contribution is -2.16. The van der Waals surface area contributed by atoms with Crippen LogP contribution in [-0.4, -0.2) is 43.8 Å². The fourth-order valence-electron chi connectivity index (χ4n) is 3.70. The number of aromatic nitrogens is 1. The fraction of sp³-hybridized carbons (Fsp3) is 0.364. The molecule has 0 unspecified atom stereocenters. The lowest BCUT2D eigenvalue weighted by atomic mass is 10.1. The Bertz CT molecular complexity index is 1150. The summed E-state index contributed by atoms with van der Waals surface area (Å²) in [4.78, 5) is 25.6. The zero-order valence-electron chi connectivity index (χ0n) is 17.9. The van der Waals surface area contributed by atoms with Gasteiger partial charge in [-0.05, 0) is 39.0 Å². The van der Waals surface area contributed by atoms with Gasteiger partial charge < -0.3 is 18.8 Å². The molecule has 0 N–H and O–H groups in total. The molecule has 2 aromatic heterocycles. The van der Waals surface area contributed by atoms with Gasteiger partial charge >= 0.3 is 5.97 Å². The van der Waals surface area contributed by atoms with E-state index in [1.54, 1.807) is 25.3 Å². The van der Waals surface area contributed by atoms with Crippen LogP contribution in [0, 0.1) is 13.8 Å². The second-order valence-corrected chi connectivity index (χ2v) is 8.94. The Labute approximate surface area is 194 Å². The Morgan fingerprint density at radius 3 is 2.52 bits per heavy atom. The molecule has 0 saturated heterocycles. The molecule has 0 bridgehead atoms. The van der Waals surface area contributed by atoms with Crippen LogP contribution in [-0.2, 0) is 9.47 Å². The number of ether oxygens (including phenoxy) is 3. The number of hydrogen-bond donors (Lipinski definition) is 0. The Morgan fingerprint density at radius 1 is 1.16 bits per heavy atom. The van der Waals surface area contributed by atoms with Crippen LogP contribution in [0.2, 0.25) is 10.0 Å². The number of hydrogen-bond acceptors (Lipinski definition) is 6. The van der Waals surface area contributed by atoms with Crippen LogP contribution >= 0.6 is 34.5 Å². The minimum Gasteiger partial charge on any atom is -0.495 e. The second kappa shape index (κ2) is 9.61. The molecule has 166 valence electrons. The molecule has 0 aliphatic carbocycles. The van der Waals surface area contributed by atoms with E-state index in [0.717, 1.165) is 22.7 Å². The molecule has 1 atom stereocenters. The summed E-state index contributed by atoms with van der Waals surface area (Å²) in [5.74, 6) is -0.467. The van der Waals surface area contributed by atoms with Gasteiger partial charge in [0.15, 0.2) is 6.61 Å². The molecule has 0 aliphatic heterocycles. The third-order valence-electron chi connectivity index (χ3n) is 5.07. The van der Waals surface area contributed by atoms with Crippen LogP contribution in [0.4, 0.5) is 0 Å². The van der Waals surface area contributed by atoms with Crippen molar-refractivity contribution in [1.82, 2.24) is 4.57 Å². The average Bonchev–Trinajstić information content (AvgIpc) is 3.23. The molecule has 0 saturated carbocycles. The van der Waals surface area contributed by atoms with E-state index in [4.69, 9.17) is 37.4 Å². The van der Waals surface area contributed by atoms with Gasteiger partial charge in [0.25, 0.3) is 0 Å². The van der Waals surface area contributed by atoms with Crippen molar-refractivity contribution in [2.75, 3.05) is 27.4 Å². The van der Waals surface area contributed by atoms with Gasteiger partial charge in [-0.25, -0.2) is 4.79 Å². The predicted octanol–water partition coefficient (Wildman–Crippen LogP) is 5.88. The number of nitrogens with zero attached hydrogens (tertiary/aromatic N) is 1. The minimum absolute atomic E-state index is 0.0770. The zero-order chi connectivity index (χ0) is 22.9. The smallest absolute Gasteiger partial charge is 0.350 e. The number of carbonyl (C=O) groups is 2. The molecule has 0 amide bonds. The molecule has 0 aliphatic rings. The number of halogens is 2. The molecule has 9 heteroatoms. The standard InChI is InChI=1S/C22H23Cl2NO5S/c1-11-8-15(13(3)25(11)12(2)9-28-4)16(26)10-30-22(27)21-18(23)14-6-7-17(29-5)19(24)20(14)31-21/h6-8,12H,9-10H2,1-5H3/t12-/m0/s1. The fourth-order valence-corrected chi connectivity index (χ4v) is 5.48. The van der Waals surface area contributed by atoms with E-state index >= 15 is 0 Å². The first kappa shape index (κ1) is 23.6. The molecule has 6 nitrogen and oxygen atoms in total.